The highest BCUT2D eigenvalue weighted by molar-refractivity contribution is 5.85. The van der Waals surface area contributed by atoms with Crippen LogP contribution < -0.4 is 11.1 Å². The van der Waals surface area contributed by atoms with Gasteiger partial charge in [0.15, 0.2) is 0 Å². The lowest BCUT2D eigenvalue weighted by atomic mass is 9.86. The molecule has 112 valence electrons. The maximum Gasteiger partial charge on any atom is 0.144 e. The minimum atomic E-state index is -0.263. The van der Waals surface area contributed by atoms with Gasteiger partial charge in [0.25, 0.3) is 0 Å². The van der Waals surface area contributed by atoms with Crippen LogP contribution in [0.2, 0.25) is 0 Å². The van der Waals surface area contributed by atoms with Crippen molar-refractivity contribution in [3.8, 4) is 0 Å². The third kappa shape index (κ3) is 5.37. The Hall–Kier alpha value is -0.810. The van der Waals surface area contributed by atoms with E-state index in [1.54, 1.807) is 0 Å². The maximum absolute atomic E-state index is 9.86. The van der Waals surface area contributed by atoms with Gasteiger partial charge in [-0.05, 0) is 38.1 Å². The average molecular weight is 271 g/mol. The first kappa shape index (κ1) is 16.2. The molecule has 0 aromatic rings. The summed E-state index contributed by atoms with van der Waals surface area (Å²) in [6.07, 6.45) is 6.20. The summed E-state index contributed by atoms with van der Waals surface area (Å²) in [6, 6.07) is 0. The second-order valence-electron chi connectivity index (χ2n) is 6.29. The van der Waals surface area contributed by atoms with Gasteiger partial charge in [-0.2, -0.15) is 0 Å². The van der Waals surface area contributed by atoms with Crippen LogP contribution >= 0.6 is 0 Å². The number of aliphatic hydroxyl groups is 1. The van der Waals surface area contributed by atoms with Gasteiger partial charge in [-0.1, -0.05) is 31.8 Å². The Labute approximate surface area is 116 Å². The van der Waals surface area contributed by atoms with Gasteiger partial charge < -0.3 is 21.4 Å². The molecule has 0 radical (unpaired) electrons. The molecule has 2 atom stereocenters. The Morgan fingerprint density at radius 2 is 2.05 bits per heavy atom. The van der Waals surface area contributed by atoms with Crippen LogP contribution in [0.3, 0.4) is 0 Å². The van der Waals surface area contributed by atoms with Gasteiger partial charge in [-0.15, -0.1) is 0 Å². The number of nitrogens with two attached hydrogens (primary N) is 1. The number of hydrogen-bond donors (Lipinski definition) is 4. The molecule has 0 bridgehead atoms. The van der Waals surface area contributed by atoms with E-state index >= 15 is 0 Å². The van der Waals surface area contributed by atoms with Gasteiger partial charge in [-0.25, -0.2) is 0 Å². The first-order chi connectivity index (χ1) is 8.97. The van der Waals surface area contributed by atoms with E-state index in [0.717, 1.165) is 45.2 Å². The number of nitrogens with zero attached hydrogens (tertiary/aromatic N) is 1. The van der Waals surface area contributed by atoms with Crippen molar-refractivity contribution in [2.45, 2.75) is 58.5 Å². The highest BCUT2D eigenvalue weighted by atomic mass is 16.4. The van der Waals surface area contributed by atoms with Crippen molar-refractivity contribution in [1.82, 2.24) is 5.32 Å². The highest BCUT2D eigenvalue weighted by Gasteiger charge is 2.24. The van der Waals surface area contributed by atoms with Crippen molar-refractivity contribution >= 4 is 5.84 Å². The molecule has 0 amide bonds. The normalized spacial score (nSPS) is 25.5. The molecule has 0 aromatic carbocycles. The van der Waals surface area contributed by atoms with E-state index in [4.69, 9.17) is 10.9 Å². The molecule has 0 aliphatic heterocycles. The van der Waals surface area contributed by atoms with Crippen molar-refractivity contribution < 1.29 is 10.3 Å². The zero-order chi connectivity index (χ0) is 14.3. The van der Waals surface area contributed by atoms with Gasteiger partial charge in [0, 0.05) is 12.0 Å². The molecule has 1 aliphatic carbocycles. The zero-order valence-electron chi connectivity index (χ0n) is 12.2. The van der Waals surface area contributed by atoms with Crippen LogP contribution in [0.5, 0.6) is 0 Å². The average Bonchev–Trinajstić information content (AvgIpc) is 2.39. The lowest BCUT2D eigenvalue weighted by molar-refractivity contribution is 0.0696. The van der Waals surface area contributed by atoms with Crippen LogP contribution in [0.25, 0.3) is 0 Å². The van der Waals surface area contributed by atoms with Crippen LogP contribution in [0.4, 0.5) is 0 Å². The molecule has 1 fully saturated rings. The predicted molar refractivity (Wildman–Crippen MR) is 77.3 cm³/mol. The number of oxime groups is 1. The molecule has 5 N–H and O–H groups in total. The number of amidine groups is 1. The summed E-state index contributed by atoms with van der Waals surface area (Å²) in [5, 5.41) is 25.0. The maximum atomic E-state index is 9.86. The van der Waals surface area contributed by atoms with Crippen LogP contribution in [0, 0.1) is 11.3 Å². The molecular weight excluding hydrogens is 242 g/mol. The first-order valence-electron chi connectivity index (χ1n) is 7.34. The summed E-state index contributed by atoms with van der Waals surface area (Å²) in [5.74, 6) is 0.695. The summed E-state index contributed by atoms with van der Waals surface area (Å²) < 4.78 is 0. The predicted octanol–water partition coefficient (Wildman–Crippen LogP) is 1.68. The minimum absolute atomic E-state index is 0.130. The van der Waals surface area contributed by atoms with Crippen LogP contribution in [-0.4, -0.2) is 35.3 Å². The molecule has 0 saturated heterocycles. The third-order valence-electron chi connectivity index (χ3n) is 4.23. The van der Waals surface area contributed by atoms with E-state index < -0.39 is 0 Å². The van der Waals surface area contributed by atoms with Gasteiger partial charge in [0.05, 0.1) is 6.10 Å². The van der Waals surface area contributed by atoms with Crippen LogP contribution in [0.1, 0.15) is 52.4 Å². The smallest absolute Gasteiger partial charge is 0.144 e. The summed E-state index contributed by atoms with van der Waals surface area (Å²) in [6.45, 7) is 5.76. The Morgan fingerprint density at radius 1 is 1.37 bits per heavy atom. The second kappa shape index (κ2) is 7.70. The van der Waals surface area contributed by atoms with Crippen molar-refractivity contribution in [2.75, 3.05) is 13.1 Å². The minimum Gasteiger partial charge on any atom is -0.409 e. The van der Waals surface area contributed by atoms with Gasteiger partial charge in [0.2, 0.25) is 0 Å². The lowest BCUT2D eigenvalue weighted by Gasteiger charge is -2.28. The van der Waals surface area contributed by atoms with Gasteiger partial charge >= 0.3 is 0 Å². The standard InChI is InChI=1S/C14H29N3O2/c1-14(2,13(15)17-19)8-5-9-16-10-11-6-3-4-7-12(11)18/h11-12,16,18-19H,3-10H2,1-2H3,(H2,15,17). The van der Waals surface area contributed by atoms with Crippen molar-refractivity contribution in [2.24, 2.45) is 22.2 Å². The fourth-order valence-electron chi connectivity index (χ4n) is 2.63. The second-order valence-corrected chi connectivity index (χ2v) is 6.29. The molecule has 0 heterocycles. The SMILES string of the molecule is CC(C)(CCCNCC1CCCCC1O)C(N)=NO. The fourth-order valence-corrected chi connectivity index (χ4v) is 2.63. The monoisotopic (exact) mass is 271 g/mol. The molecule has 2 unspecified atom stereocenters. The molecule has 0 spiro atoms. The fraction of sp³-hybridized carbons (Fsp3) is 0.929. The zero-order valence-corrected chi connectivity index (χ0v) is 12.2. The summed E-state index contributed by atoms with van der Waals surface area (Å²) in [5.41, 5.74) is 5.38. The summed E-state index contributed by atoms with van der Waals surface area (Å²) in [7, 11) is 0. The molecule has 1 rings (SSSR count). The number of rotatable bonds is 7. The highest BCUT2D eigenvalue weighted by Crippen LogP contribution is 2.24. The largest absolute Gasteiger partial charge is 0.409 e. The number of nitrogens with one attached hydrogen (secondary N) is 1. The summed E-state index contributed by atoms with van der Waals surface area (Å²) in [4.78, 5) is 0. The molecule has 5 nitrogen and oxygen atoms in total. The van der Waals surface area contributed by atoms with E-state index in [2.05, 4.69) is 10.5 Å². The quantitative estimate of drug-likeness (QED) is 0.186. The van der Waals surface area contributed by atoms with Gasteiger partial charge in [-0.3, -0.25) is 0 Å². The van der Waals surface area contributed by atoms with Crippen molar-refractivity contribution in [3.63, 3.8) is 0 Å². The topological polar surface area (TPSA) is 90.9 Å². The van der Waals surface area contributed by atoms with Crippen LogP contribution in [0.15, 0.2) is 5.16 Å². The lowest BCUT2D eigenvalue weighted by Crippen LogP contribution is -2.35. The Balaban J connectivity index is 2.14. The molecule has 5 heteroatoms. The summed E-state index contributed by atoms with van der Waals surface area (Å²) >= 11 is 0. The van der Waals surface area contributed by atoms with E-state index in [9.17, 15) is 5.11 Å². The number of hydrogen-bond acceptors (Lipinski definition) is 4. The Morgan fingerprint density at radius 3 is 2.68 bits per heavy atom. The molecule has 0 aromatic heterocycles. The van der Waals surface area contributed by atoms with E-state index in [0.29, 0.717) is 5.92 Å². The van der Waals surface area contributed by atoms with Gasteiger partial charge in [0.1, 0.15) is 5.84 Å². The molecular formula is C14H29N3O2. The first-order valence-corrected chi connectivity index (χ1v) is 7.34. The van der Waals surface area contributed by atoms with E-state index in [-0.39, 0.29) is 17.4 Å². The number of aliphatic hydroxyl groups excluding tert-OH is 1. The third-order valence-corrected chi connectivity index (χ3v) is 4.23. The molecule has 1 aliphatic rings. The molecule has 19 heavy (non-hydrogen) atoms. The van der Waals surface area contributed by atoms with E-state index in [1.165, 1.54) is 6.42 Å². The van der Waals surface area contributed by atoms with Crippen LogP contribution in [-0.2, 0) is 0 Å². The molecule has 1 saturated carbocycles. The van der Waals surface area contributed by atoms with Crippen molar-refractivity contribution in [3.05, 3.63) is 0 Å². The van der Waals surface area contributed by atoms with Crippen molar-refractivity contribution in [1.29, 1.82) is 0 Å². The Kier molecular flexibility index (Phi) is 6.58. The Bertz CT molecular complexity index is 292. The van der Waals surface area contributed by atoms with E-state index in [1.807, 2.05) is 13.8 Å².